The van der Waals surface area contributed by atoms with Crippen LogP contribution in [-0.2, 0) is 25.7 Å². The molecule has 0 aliphatic carbocycles. The SMILES string of the molecule is CCC(CCCCCCC(CCCCCCCC(=O)O)OC(C)=O)OCc1ccccc1. The normalized spacial score (nSPS) is 12.9. The highest BCUT2D eigenvalue weighted by Gasteiger charge is 2.12. The third kappa shape index (κ3) is 15.9. The van der Waals surface area contributed by atoms with Crippen LogP contribution in [0.2, 0.25) is 0 Å². The number of aliphatic carboxylic acids is 1. The highest BCUT2D eigenvalue weighted by molar-refractivity contribution is 5.66. The molecule has 0 saturated heterocycles. The van der Waals surface area contributed by atoms with Crippen LogP contribution < -0.4 is 0 Å². The van der Waals surface area contributed by atoms with Crippen LogP contribution in [0, 0.1) is 0 Å². The van der Waals surface area contributed by atoms with Crippen molar-refractivity contribution < 1.29 is 24.2 Å². The Morgan fingerprint density at radius 3 is 1.88 bits per heavy atom. The molecule has 0 saturated carbocycles. The van der Waals surface area contributed by atoms with E-state index in [0.717, 1.165) is 70.6 Å². The first-order valence-electron chi connectivity index (χ1n) is 12.6. The van der Waals surface area contributed by atoms with Gasteiger partial charge in [0.1, 0.15) is 6.10 Å². The molecule has 0 heterocycles. The van der Waals surface area contributed by atoms with Crippen molar-refractivity contribution in [2.45, 2.75) is 123 Å². The fourth-order valence-electron chi connectivity index (χ4n) is 3.97. The summed E-state index contributed by atoms with van der Waals surface area (Å²) < 4.78 is 11.6. The Morgan fingerprint density at radius 1 is 0.812 bits per heavy atom. The zero-order valence-corrected chi connectivity index (χ0v) is 20.2. The molecule has 1 rings (SSSR count). The van der Waals surface area contributed by atoms with Crippen LogP contribution in [0.3, 0.4) is 0 Å². The number of hydrogen-bond donors (Lipinski definition) is 1. The molecule has 0 bridgehead atoms. The minimum Gasteiger partial charge on any atom is -0.481 e. The summed E-state index contributed by atoms with van der Waals surface area (Å²) in [5, 5.41) is 8.66. The van der Waals surface area contributed by atoms with Crippen molar-refractivity contribution in [1.29, 1.82) is 0 Å². The van der Waals surface area contributed by atoms with Crippen molar-refractivity contribution >= 4 is 11.9 Å². The molecule has 1 aromatic carbocycles. The number of carboxylic acid groups (broad SMARTS) is 1. The van der Waals surface area contributed by atoms with Crippen LogP contribution in [0.4, 0.5) is 0 Å². The Morgan fingerprint density at radius 2 is 1.34 bits per heavy atom. The Kier molecular flexibility index (Phi) is 16.4. The summed E-state index contributed by atoms with van der Waals surface area (Å²) in [5.74, 6) is -0.914. The van der Waals surface area contributed by atoms with E-state index in [9.17, 15) is 9.59 Å². The summed E-state index contributed by atoms with van der Waals surface area (Å²) in [4.78, 5) is 21.9. The molecule has 5 nitrogen and oxygen atoms in total. The number of unbranched alkanes of at least 4 members (excludes halogenated alkanes) is 7. The minimum absolute atomic E-state index is 0.0177. The number of carbonyl (C=O) groups is 2. The molecule has 182 valence electrons. The first-order valence-corrected chi connectivity index (χ1v) is 12.6. The monoisotopic (exact) mass is 448 g/mol. The second-order valence-corrected chi connectivity index (χ2v) is 8.75. The van der Waals surface area contributed by atoms with Gasteiger partial charge in [0.2, 0.25) is 0 Å². The van der Waals surface area contributed by atoms with Gasteiger partial charge in [-0.15, -0.1) is 0 Å². The first kappa shape index (κ1) is 28.2. The number of rotatable bonds is 20. The Hall–Kier alpha value is -1.88. The van der Waals surface area contributed by atoms with Gasteiger partial charge < -0.3 is 14.6 Å². The molecule has 0 spiro atoms. The maximum atomic E-state index is 11.4. The van der Waals surface area contributed by atoms with Gasteiger partial charge in [-0.05, 0) is 50.5 Å². The van der Waals surface area contributed by atoms with Gasteiger partial charge in [-0.3, -0.25) is 9.59 Å². The second kappa shape index (κ2) is 18.7. The lowest BCUT2D eigenvalue weighted by Crippen LogP contribution is -2.16. The molecule has 1 aromatic rings. The smallest absolute Gasteiger partial charge is 0.303 e. The van der Waals surface area contributed by atoms with Gasteiger partial charge in [-0.2, -0.15) is 0 Å². The molecule has 2 atom stereocenters. The van der Waals surface area contributed by atoms with Crippen molar-refractivity contribution in [3.05, 3.63) is 35.9 Å². The van der Waals surface area contributed by atoms with E-state index < -0.39 is 5.97 Å². The van der Waals surface area contributed by atoms with Crippen LogP contribution in [0.5, 0.6) is 0 Å². The van der Waals surface area contributed by atoms with E-state index in [1.54, 1.807) is 0 Å². The number of benzene rings is 1. The molecule has 32 heavy (non-hydrogen) atoms. The first-order chi connectivity index (χ1) is 15.5. The third-order valence-electron chi connectivity index (χ3n) is 5.84. The number of carboxylic acids is 1. The maximum Gasteiger partial charge on any atom is 0.303 e. The Balaban J connectivity index is 2.11. The van der Waals surface area contributed by atoms with Gasteiger partial charge in [-0.25, -0.2) is 0 Å². The van der Waals surface area contributed by atoms with Gasteiger partial charge in [0.15, 0.2) is 0 Å². The summed E-state index contributed by atoms with van der Waals surface area (Å²) >= 11 is 0. The largest absolute Gasteiger partial charge is 0.481 e. The minimum atomic E-state index is -0.718. The molecule has 0 radical (unpaired) electrons. The van der Waals surface area contributed by atoms with E-state index in [1.165, 1.54) is 25.3 Å². The summed E-state index contributed by atoms with van der Waals surface area (Å²) in [7, 11) is 0. The second-order valence-electron chi connectivity index (χ2n) is 8.75. The third-order valence-corrected chi connectivity index (χ3v) is 5.84. The molecule has 2 unspecified atom stereocenters. The van der Waals surface area contributed by atoms with Crippen molar-refractivity contribution in [1.82, 2.24) is 0 Å². The van der Waals surface area contributed by atoms with Gasteiger partial charge in [-0.1, -0.05) is 75.8 Å². The van der Waals surface area contributed by atoms with Crippen LogP contribution in [0.15, 0.2) is 30.3 Å². The van der Waals surface area contributed by atoms with Crippen LogP contribution in [0.1, 0.15) is 109 Å². The Bertz CT molecular complexity index is 601. The van der Waals surface area contributed by atoms with Crippen LogP contribution in [0.25, 0.3) is 0 Å². The molecule has 5 heteroatoms. The summed E-state index contributed by atoms with van der Waals surface area (Å²) in [5.41, 5.74) is 1.22. The van der Waals surface area contributed by atoms with Crippen molar-refractivity contribution in [2.75, 3.05) is 0 Å². The zero-order valence-electron chi connectivity index (χ0n) is 20.2. The fourth-order valence-corrected chi connectivity index (χ4v) is 3.97. The number of ether oxygens (including phenoxy) is 2. The van der Waals surface area contributed by atoms with E-state index in [2.05, 4.69) is 19.1 Å². The lowest BCUT2D eigenvalue weighted by Gasteiger charge is -2.18. The molecular formula is C27H44O5. The van der Waals surface area contributed by atoms with E-state index in [0.29, 0.717) is 12.7 Å². The molecular weight excluding hydrogens is 404 g/mol. The van der Waals surface area contributed by atoms with Crippen molar-refractivity contribution in [3.63, 3.8) is 0 Å². The van der Waals surface area contributed by atoms with Gasteiger partial charge in [0, 0.05) is 13.3 Å². The molecule has 0 fully saturated rings. The van der Waals surface area contributed by atoms with E-state index in [4.69, 9.17) is 14.6 Å². The van der Waals surface area contributed by atoms with Crippen molar-refractivity contribution in [2.24, 2.45) is 0 Å². The molecule has 1 N–H and O–H groups in total. The van der Waals surface area contributed by atoms with E-state index >= 15 is 0 Å². The summed E-state index contributed by atoms with van der Waals surface area (Å²) in [6.45, 7) is 4.35. The fraction of sp³-hybridized carbons (Fsp3) is 0.704. The Labute approximate surface area is 194 Å². The van der Waals surface area contributed by atoms with Crippen LogP contribution in [-0.4, -0.2) is 29.3 Å². The average Bonchev–Trinajstić information content (AvgIpc) is 2.77. The van der Waals surface area contributed by atoms with Gasteiger partial charge in [0.25, 0.3) is 0 Å². The molecule has 0 aliphatic heterocycles. The molecule has 0 amide bonds. The number of hydrogen-bond acceptors (Lipinski definition) is 4. The van der Waals surface area contributed by atoms with Crippen molar-refractivity contribution in [3.8, 4) is 0 Å². The van der Waals surface area contributed by atoms with Gasteiger partial charge >= 0.3 is 11.9 Å². The van der Waals surface area contributed by atoms with Crippen LogP contribution >= 0.6 is 0 Å². The average molecular weight is 449 g/mol. The highest BCUT2D eigenvalue weighted by atomic mass is 16.5. The predicted octanol–water partition coefficient (Wildman–Crippen LogP) is 7.07. The lowest BCUT2D eigenvalue weighted by atomic mass is 10.0. The zero-order chi connectivity index (χ0) is 23.4. The quantitative estimate of drug-likeness (QED) is 0.171. The van der Waals surface area contributed by atoms with Gasteiger partial charge in [0.05, 0.1) is 12.7 Å². The summed E-state index contributed by atoms with van der Waals surface area (Å²) in [6.07, 6.45) is 14.0. The molecule has 0 aliphatic rings. The van der Waals surface area contributed by atoms with E-state index in [1.807, 2.05) is 18.2 Å². The standard InChI is InChI=1S/C27H44O5/c1-3-25(31-22-24-16-10-9-11-17-24)18-12-7-8-14-20-26(32-23(2)28)19-13-5-4-6-15-21-27(29)30/h9-11,16-17,25-26H,3-8,12-15,18-22H2,1-2H3,(H,29,30). The lowest BCUT2D eigenvalue weighted by molar-refractivity contribution is -0.147. The predicted molar refractivity (Wildman–Crippen MR) is 129 cm³/mol. The number of carbonyl (C=O) groups excluding carboxylic acids is 1. The number of esters is 1. The van der Waals surface area contributed by atoms with E-state index in [-0.39, 0.29) is 18.5 Å². The topological polar surface area (TPSA) is 72.8 Å². The summed E-state index contributed by atoms with van der Waals surface area (Å²) in [6, 6.07) is 10.3. The maximum absolute atomic E-state index is 11.4. The molecule has 0 aromatic heterocycles. The highest BCUT2D eigenvalue weighted by Crippen LogP contribution is 2.18.